The minimum Gasteiger partial charge on any atom is -0.497 e. The van der Waals surface area contributed by atoms with Gasteiger partial charge in [0.15, 0.2) is 6.61 Å². The summed E-state index contributed by atoms with van der Waals surface area (Å²) in [4.78, 5) is 29.2. The van der Waals surface area contributed by atoms with Crippen LogP contribution in [-0.2, 0) is 22.6 Å². The van der Waals surface area contributed by atoms with Gasteiger partial charge in [-0.2, -0.15) is 0 Å². The smallest absolute Gasteiger partial charge is 0.261 e. The lowest BCUT2D eigenvalue weighted by atomic mass is 9.94. The van der Waals surface area contributed by atoms with Crippen LogP contribution in [0.2, 0.25) is 0 Å². The lowest BCUT2D eigenvalue weighted by Gasteiger charge is -2.33. The molecular weight excluding hydrogens is 544 g/mol. The Kier molecular flexibility index (Phi) is 10.2. The van der Waals surface area contributed by atoms with Crippen LogP contribution in [0.4, 0.5) is 0 Å². The molecule has 1 saturated carbocycles. The van der Waals surface area contributed by atoms with Gasteiger partial charge in [-0.15, -0.1) is 0 Å². The molecule has 1 atom stereocenters. The van der Waals surface area contributed by atoms with Crippen LogP contribution in [0.5, 0.6) is 11.5 Å². The van der Waals surface area contributed by atoms with Gasteiger partial charge in [0.05, 0.1) is 7.11 Å². The molecule has 0 spiro atoms. The number of hydrogen-bond donors (Lipinski definition) is 1. The van der Waals surface area contributed by atoms with E-state index in [-0.39, 0.29) is 24.5 Å². The maximum Gasteiger partial charge on any atom is 0.261 e. The van der Waals surface area contributed by atoms with Gasteiger partial charge in [-0.05, 0) is 60.4 Å². The zero-order valence-electron chi connectivity index (χ0n) is 21.8. The minimum atomic E-state index is -0.676. The highest BCUT2D eigenvalue weighted by molar-refractivity contribution is 9.10. The van der Waals surface area contributed by atoms with Crippen LogP contribution in [-0.4, -0.2) is 42.5 Å². The molecule has 0 heterocycles. The van der Waals surface area contributed by atoms with Gasteiger partial charge in [0.25, 0.3) is 5.91 Å². The van der Waals surface area contributed by atoms with Crippen LogP contribution in [0.3, 0.4) is 0 Å². The molecule has 0 saturated heterocycles. The van der Waals surface area contributed by atoms with Crippen molar-refractivity contribution in [2.75, 3.05) is 13.7 Å². The monoisotopic (exact) mass is 578 g/mol. The normalized spacial score (nSPS) is 14.4. The van der Waals surface area contributed by atoms with E-state index in [1.807, 2.05) is 54.6 Å². The van der Waals surface area contributed by atoms with Crippen molar-refractivity contribution in [3.05, 3.63) is 94.5 Å². The Hall–Kier alpha value is -3.32. The molecule has 0 aliphatic heterocycles. The van der Waals surface area contributed by atoms with Crippen LogP contribution < -0.4 is 14.8 Å². The third-order valence-electron chi connectivity index (χ3n) is 6.89. The predicted molar refractivity (Wildman–Crippen MR) is 152 cm³/mol. The fraction of sp³-hybridized carbons (Fsp3) is 0.355. The third-order valence-corrected chi connectivity index (χ3v) is 7.38. The van der Waals surface area contributed by atoms with Crippen molar-refractivity contribution in [1.29, 1.82) is 0 Å². The highest BCUT2D eigenvalue weighted by Gasteiger charge is 2.32. The Morgan fingerprint density at radius 2 is 1.61 bits per heavy atom. The third kappa shape index (κ3) is 8.09. The van der Waals surface area contributed by atoms with Gasteiger partial charge in [0.2, 0.25) is 5.91 Å². The van der Waals surface area contributed by atoms with Gasteiger partial charge in [-0.25, -0.2) is 0 Å². The topological polar surface area (TPSA) is 67.9 Å². The molecule has 38 heavy (non-hydrogen) atoms. The molecule has 6 nitrogen and oxygen atoms in total. The second-order valence-electron chi connectivity index (χ2n) is 9.66. The molecule has 0 radical (unpaired) electrons. The first-order chi connectivity index (χ1) is 18.5. The molecular formula is C31H35BrN2O4. The number of carbonyl (C=O) groups excluding carboxylic acids is 2. The molecule has 1 fully saturated rings. The molecule has 1 unspecified atom stereocenters. The maximum atomic E-state index is 13.8. The summed E-state index contributed by atoms with van der Waals surface area (Å²) < 4.78 is 12.0. The zero-order chi connectivity index (χ0) is 26.7. The summed E-state index contributed by atoms with van der Waals surface area (Å²) >= 11 is 3.53. The Morgan fingerprint density at radius 1 is 0.921 bits per heavy atom. The second kappa shape index (κ2) is 14.0. The molecule has 4 rings (SSSR count). The summed E-state index contributed by atoms with van der Waals surface area (Å²) in [7, 11) is 1.60. The first-order valence-electron chi connectivity index (χ1n) is 13.2. The average Bonchev–Trinajstić information content (AvgIpc) is 2.95. The SMILES string of the molecule is COc1ccc(OCC(=O)N(Cc2cccc(Br)c2)C(Cc2ccccc2)C(=O)NC2CCCCC2)cc1. The van der Waals surface area contributed by atoms with Gasteiger partial charge in [-0.1, -0.05) is 77.7 Å². The number of nitrogens with one attached hydrogen (secondary N) is 1. The number of hydrogen-bond acceptors (Lipinski definition) is 4. The Labute approximate surface area is 233 Å². The zero-order valence-corrected chi connectivity index (χ0v) is 23.4. The quantitative estimate of drug-likeness (QED) is 0.306. The molecule has 1 N–H and O–H groups in total. The predicted octanol–water partition coefficient (Wildman–Crippen LogP) is 5.93. The molecule has 2 amide bonds. The van der Waals surface area contributed by atoms with Crippen LogP contribution in [0.15, 0.2) is 83.3 Å². The van der Waals surface area contributed by atoms with E-state index in [1.54, 1.807) is 36.3 Å². The number of ether oxygens (including phenoxy) is 2. The van der Waals surface area contributed by atoms with Crippen molar-refractivity contribution < 1.29 is 19.1 Å². The van der Waals surface area contributed by atoms with E-state index < -0.39 is 6.04 Å². The lowest BCUT2D eigenvalue weighted by Crippen LogP contribution is -2.53. The largest absolute Gasteiger partial charge is 0.497 e. The standard InChI is InChI=1S/C31H35BrN2O4/c1-37-27-15-17-28(18-16-27)38-22-30(35)34(21-24-11-8-12-25(32)19-24)29(20-23-9-4-2-5-10-23)31(36)33-26-13-6-3-7-14-26/h2,4-5,8-12,15-19,26,29H,3,6-7,13-14,20-22H2,1H3,(H,33,36). The van der Waals surface area contributed by atoms with E-state index in [4.69, 9.17) is 9.47 Å². The van der Waals surface area contributed by atoms with Gasteiger partial charge in [0, 0.05) is 23.5 Å². The lowest BCUT2D eigenvalue weighted by molar-refractivity contribution is -0.143. The maximum absolute atomic E-state index is 13.8. The summed E-state index contributed by atoms with van der Waals surface area (Å²) in [6.07, 6.45) is 5.81. The molecule has 200 valence electrons. The molecule has 0 bridgehead atoms. The van der Waals surface area contributed by atoms with Gasteiger partial charge >= 0.3 is 0 Å². The van der Waals surface area contributed by atoms with E-state index in [0.717, 1.165) is 41.3 Å². The summed E-state index contributed by atoms with van der Waals surface area (Å²) in [5.41, 5.74) is 1.93. The van der Waals surface area contributed by atoms with Crippen molar-refractivity contribution in [2.45, 2.75) is 57.2 Å². The molecule has 1 aliphatic carbocycles. The van der Waals surface area contributed by atoms with Crippen LogP contribution in [0.1, 0.15) is 43.2 Å². The molecule has 0 aromatic heterocycles. The van der Waals surface area contributed by atoms with Gasteiger partial charge in [-0.3, -0.25) is 9.59 Å². The number of halogens is 1. The fourth-order valence-corrected chi connectivity index (χ4v) is 5.28. The number of rotatable bonds is 11. The number of nitrogens with zero attached hydrogens (tertiary/aromatic N) is 1. The van der Waals surface area contributed by atoms with Crippen molar-refractivity contribution in [3.8, 4) is 11.5 Å². The fourth-order valence-electron chi connectivity index (χ4n) is 4.83. The molecule has 3 aromatic carbocycles. The van der Waals surface area contributed by atoms with Crippen molar-refractivity contribution in [1.82, 2.24) is 10.2 Å². The van der Waals surface area contributed by atoms with E-state index >= 15 is 0 Å². The number of methoxy groups -OCH3 is 1. The van der Waals surface area contributed by atoms with E-state index in [0.29, 0.717) is 24.5 Å². The highest BCUT2D eigenvalue weighted by Crippen LogP contribution is 2.22. The Morgan fingerprint density at radius 3 is 2.29 bits per heavy atom. The Bertz CT molecular complexity index is 1180. The van der Waals surface area contributed by atoms with Crippen molar-refractivity contribution >= 4 is 27.7 Å². The first kappa shape index (κ1) is 27.7. The van der Waals surface area contributed by atoms with Crippen LogP contribution >= 0.6 is 15.9 Å². The summed E-state index contributed by atoms with van der Waals surface area (Å²) in [6.45, 7) is 0.113. The number of amides is 2. The summed E-state index contributed by atoms with van der Waals surface area (Å²) in [6, 6.07) is 24.3. The van der Waals surface area contributed by atoms with Gasteiger partial charge < -0.3 is 19.7 Å². The van der Waals surface area contributed by atoms with E-state index in [1.165, 1.54) is 6.42 Å². The average molecular weight is 580 g/mol. The summed E-state index contributed by atoms with van der Waals surface area (Å²) in [5.74, 6) is 0.907. The number of carbonyl (C=O) groups is 2. The number of benzene rings is 3. The Balaban J connectivity index is 1.59. The van der Waals surface area contributed by atoms with Crippen LogP contribution in [0.25, 0.3) is 0 Å². The summed E-state index contributed by atoms with van der Waals surface area (Å²) in [5, 5.41) is 3.26. The van der Waals surface area contributed by atoms with E-state index in [2.05, 4.69) is 21.2 Å². The second-order valence-corrected chi connectivity index (χ2v) is 10.6. The molecule has 1 aliphatic rings. The van der Waals surface area contributed by atoms with E-state index in [9.17, 15) is 9.59 Å². The van der Waals surface area contributed by atoms with Crippen molar-refractivity contribution in [3.63, 3.8) is 0 Å². The molecule has 3 aromatic rings. The first-order valence-corrected chi connectivity index (χ1v) is 14.0. The van der Waals surface area contributed by atoms with Crippen LogP contribution in [0, 0.1) is 0 Å². The van der Waals surface area contributed by atoms with Gasteiger partial charge in [0.1, 0.15) is 17.5 Å². The molecule has 7 heteroatoms. The minimum absolute atomic E-state index is 0.117. The highest BCUT2D eigenvalue weighted by atomic mass is 79.9. The van der Waals surface area contributed by atoms with Crippen molar-refractivity contribution in [2.24, 2.45) is 0 Å².